The fraction of sp³-hybridized carbons (Fsp3) is 0.600. The van der Waals surface area contributed by atoms with Crippen molar-refractivity contribution < 1.29 is 14.7 Å². The molecule has 1 unspecified atom stereocenters. The largest absolute Gasteiger partial charge is 0.480 e. The predicted octanol–water partition coefficient (Wildman–Crippen LogP) is 0.213. The molecule has 0 aromatic rings. The molecule has 5 heteroatoms. The number of aliphatic carboxylic acids is 1. The first-order valence-electron chi connectivity index (χ1n) is 4.90. The van der Waals surface area contributed by atoms with Crippen molar-refractivity contribution in [1.82, 2.24) is 4.90 Å². The Balaban J connectivity index is 4.38. The molecule has 0 fully saturated rings. The normalized spacial score (nSPS) is 11.9. The minimum Gasteiger partial charge on any atom is -0.480 e. The Morgan fingerprint density at radius 2 is 2.20 bits per heavy atom. The van der Waals surface area contributed by atoms with Crippen LogP contribution in [0.4, 0.5) is 0 Å². The minimum atomic E-state index is -1.03. The maximum atomic E-state index is 11.6. The third-order valence-electron chi connectivity index (χ3n) is 1.87. The monoisotopic (exact) mass is 214 g/mol. The van der Waals surface area contributed by atoms with Gasteiger partial charge in [-0.25, -0.2) is 0 Å². The Bertz CT molecular complexity index is 241. The first-order chi connectivity index (χ1) is 7.02. The Kier molecular flexibility index (Phi) is 6.37. The number of carboxylic acid groups (broad SMARTS) is 1. The summed E-state index contributed by atoms with van der Waals surface area (Å²) in [4.78, 5) is 23.4. The van der Waals surface area contributed by atoms with Crippen LogP contribution in [0.25, 0.3) is 0 Å². The maximum absolute atomic E-state index is 11.6. The van der Waals surface area contributed by atoms with Gasteiger partial charge in [-0.05, 0) is 12.8 Å². The van der Waals surface area contributed by atoms with E-state index < -0.39 is 12.0 Å². The van der Waals surface area contributed by atoms with Crippen LogP contribution in [0.1, 0.15) is 19.8 Å². The molecule has 0 spiro atoms. The summed E-state index contributed by atoms with van der Waals surface area (Å²) in [5.74, 6) is -1.36. The maximum Gasteiger partial charge on any atom is 0.323 e. The van der Waals surface area contributed by atoms with Gasteiger partial charge in [-0.3, -0.25) is 9.59 Å². The summed E-state index contributed by atoms with van der Waals surface area (Å²) in [6, 6.07) is -0.687. The number of carboxylic acids is 1. The van der Waals surface area contributed by atoms with Crippen molar-refractivity contribution in [2.24, 2.45) is 5.73 Å². The van der Waals surface area contributed by atoms with Gasteiger partial charge in [0.05, 0.1) is 6.04 Å². The quantitative estimate of drug-likeness (QED) is 0.593. The van der Waals surface area contributed by atoms with Gasteiger partial charge in [0.2, 0.25) is 5.91 Å². The number of carbonyl (C=O) groups excluding carboxylic acids is 1. The summed E-state index contributed by atoms with van der Waals surface area (Å²) < 4.78 is 0. The van der Waals surface area contributed by atoms with E-state index in [9.17, 15) is 9.59 Å². The molecule has 15 heavy (non-hydrogen) atoms. The zero-order chi connectivity index (χ0) is 11.8. The number of hydrogen-bond donors (Lipinski definition) is 2. The van der Waals surface area contributed by atoms with E-state index in [4.69, 9.17) is 10.8 Å². The van der Waals surface area contributed by atoms with Gasteiger partial charge in [-0.1, -0.05) is 13.0 Å². The topological polar surface area (TPSA) is 83.6 Å². The molecule has 0 aliphatic heterocycles. The van der Waals surface area contributed by atoms with Crippen LogP contribution in [0.5, 0.6) is 0 Å². The summed E-state index contributed by atoms with van der Waals surface area (Å²) in [5, 5.41) is 8.62. The van der Waals surface area contributed by atoms with Crippen LogP contribution in [0.2, 0.25) is 0 Å². The smallest absolute Gasteiger partial charge is 0.323 e. The van der Waals surface area contributed by atoms with E-state index in [1.165, 1.54) is 4.90 Å². The van der Waals surface area contributed by atoms with Gasteiger partial charge in [0.15, 0.2) is 0 Å². The molecule has 1 atom stereocenters. The first-order valence-corrected chi connectivity index (χ1v) is 4.90. The molecule has 1 amide bonds. The number of rotatable bonds is 7. The van der Waals surface area contributed by atoms with Gasteiger partial charge < -0.3 is 15.7 Å². The van der Waals surface area contributed by atoms with Gasteiger partial charge in [0.1, 0.15) is 6.54 Å². The average Bonchev–Trinajstić information content (AvgIpc) is 2.16. The van der Waals surface area contributed by atoms with Crippen molar-refractivity contribution in [2.75, 3.05) is 13.1 Å². The summed E-state index contributed by atoms with van der Waals surface area (Å²) in [6.45, 7) is 5.48. The van der Waals surface area contributed by atoms with E-state index in [1.54, 1.807) is 6.08 Å². The predicted molar refractivity (Wildman–Crippen MR) is 57.3 cm³/mol. The molecule has 0 aliphatic rings. The second-order valence-electron chi connectivity index (χ2n) is 3.28. The minimum absolute atomic E-state index is 0.294. The molecule has 5 nitrogen and oxygen atoms in total. The van der Waals surface area contributed by atoms with Crippen LogP contribution < -0.4 is 5.73 Å². The highest BCUT2D eigenvalue weighted by Crippen LogP contribution is 1.99. The van der Waals surface area contributed by atoms with Crippen LogP contribution in [-0.2, 0) is 9.59 Å². The highest BCUT2D eigenvalue weighted by atomic mass is 16.4. The zero-order valence-corrected chi connectivity index (χ0v) is 8.98. The number of amides is 1. The van der Waals surface area contributed by atoms with Gasteiger partial charge in [0.25, 0.3) is 0 Å². The molecule has 0 aromatic heterocycles. The fourth-order valence-corrected chi connectivity index (χ4v) is 1.22. The lowest BCUT2D eigenvalue weighted by atomic mass is 10.2. The number of hydrogen-bond acceptors (Lipinski definition) is 3. The summed E-state index contributed by atoms with van der Waals surface area (Å²) in [7, 11) is 0. The van der Waals surface area contributed by atoms with Gasteiger partial charge in [-0.2, -0.15) is 0 Å². The van der Waals surface area contributed by atoms with E-state index >= 15 is 0 Å². The van der Waals surface area contributed by atoms with E-state index in [0.29, 0.717) is 19.4 Å². The van der Waals surface area contributed by atoms with E-state index in [0.717, 1.165) is 0 Å². The Morgan fingerprint density at radius 3 is 2.60 bits per heavy atom. The third-order valence-corrected chi connectivity index (χ3v) is 1.87. The lowest BCUT2D eigenvalue weighted by molar-refractivity contribution is -0.145. The number of nitrogens with two attached hydrogens (primary N) is 1. The molecule has 0 aromatic carbocycles. The molecular formula is C10H18N2O3. The number of carbonyl (C=O) groups is 2. The third kappa shape index (κ3) is 5.17. The molecule has 0 bridgehead atoms. The Hall–Kier alpha value is -1.36. The second kappa shape index (κ2) is 7.00. The Morgan fingerprint density at radius 1 is 1.60 bits per heavy atom. The molecular weight excluding hydrogens is 196 g/mol. The van der Waals surface area contributed by atoms with Crippen molar-refractivity contribution in [3.05, 3.63) is 12.7 Å². The lowest BCUT2D eigenvalue weighted by Crippen LogP contribution is -2.46. The van der Waals surface area contributed by atoms with E-state index in [1.807, 2.05) is 6.92 Å². The SMILES string of the molecule is C=CCC(N)C(=O)N(CCC)CC(=O)O. The van der Waals surface area contributed by atoms with Gasteiger partial charge >= 0.3 is 5.97 Å². The van der Waals surface area contributed by atoms with Crippen molar-refractivity contribution in [2.45, 2.75) is 25.8 Å². The number of nitrogens with zero attached hydrogens (tertiary/aromatic N) is 1. The van der Waals surface area contributed by atoms with Crippen molar-refractivity contribution in [3.8, 4) is 0 Å². The average molecular weight is 214 g/mol. The molecule has 0 heterocycles. The van der Waals surface area contributed by atoms with Crippen LogP contribution in [0.15, 0.2) is 12.7 Å². The van der Waals surface area contributed by atoms with Gasteiger partial charge in [-0.15, -0.1) is 6.58 Å². The van der Waals surface area contributed by atoms with Crippen LogP contribution in [-0.4, -0.2) is 41.0 Å². The molecule has 86 valence electrons. The molecule has 0 saturated carbocycles. The summed E-state index contributed by atoms with van der Waals surface area (Å²) in [5.41, 5.74) is 5.58. The Labute approximate surface area is 89.6 Å². The summed E-state index contributed by atoms with van der Waals surface area (Å²) >= 11 is 0. The summed E-state index contributed by atoms with van der Waals surface area (Å²) in [6.07, 6.45) is 2.62. The fourth-order valence-electron chi connectivity index (χ4n) is 1.22. The van der Waals surface area contributed by atoms with Gasteiger partial charge in [0, 0.05) is 6.54 Å². The van der Waals surface area contributed by atoms with E-state index in [2.05, 4.69) is 6.58 Å². The van der Waals surface area contributed by atoms with Crippen LogP contribution >= 0.6 is 0 Å². The molecule has 0 rings (SSSR count). The second-order valence-corrected chi connectivity index (χ2v) is 3.28. The molecule has 3 N–H and O–H groups in total. The molecule has 0 saturated heterocycles. The highest BCUT2D eigenvalue weighted by Gasteiger charge is 2.21. The van der Waals surface area contributed by atoms with Crippen LogP contribution in [0, 0.1) is 0 Å². The van der Waals surface area contributed by atoms with Crippen molar-refractivity contribution in [3.63, 3.8) is 0 Å². The van der Waals surface area contributed by atoms with E-state index in [-0.39, 0.29) is 12.5 Å². The highest BCUT2D eigenvalue weighted by molar-refractivity contribution is 5.85. The molecule has 0 aliphatic carbocycles. The standard InChI is InChI=1S/C10H18N2O3/c1-3-5-8(11)10(15)12(6-4-2)7-9(13)14/h3,8H,1,4-7,11H2,2H3,(H,13,14). The lowest BCUT2D eigenvalue weighted by Gasteiger charge is -2.22. The van der Waals surface area contributed by atoms with Crippen molar-refractivity contribution in [1.29, 1.82) is 0 Å². The zero-order valence-electron chi connectivity index (χ0n) is 8.98. The van der Waals surface area contributed by atoms with Crippen molar-refractivity contribution >= 4 is 11.9 Å². The first kappa shape index (κ1) is 13.6. The van der Waals surface area contributed by atoms with Crippen LogP contribution in [0.3, 0.4) is 0 Å². The molecule has 0 radical (unpaired) electrons.